The maximum atomic E-state index is 12.7. The first-order valence-electron chi connectivity index (χ1n) is 9.44. The molecule has 2 aromatic rings. The van der Waals surface area contributed by atoms with E-state index in [9.17, 15) is 14.7 Å². The number of hydrogen-bond acceptors (Lipinski definition) is 4. The first-order chi connectivity index (χ1) is 13.5. The molecule has 2 aliphatic heterocycles. The molecule has 0 bridgehead atoms. The molecule has 1 fully saturated rings. The Hall–Kier alpha value is -2.80. The lowest BCUT2D eigenvalue weighted by molar-refractivity contribution is -0.151. The number of benzene rings is 2. The van der Waals surface area contributed by atoms with E-state index in [0.29, 0.717) is 26.0 Å². The molecule has 2 heterocycles. The second-order valence-corrected chi connectivity index (χ2v) is 7.61. The van der Waals surface area contributed by atoms with Gasteiger partial charge in [0.2, 0.25) is 0 Å². The minimum atomic E-state index is -1.03. The number of carbonyl (C=O) groups excluding carboxylic acids is 1. The number of urea groups is 1. The SMILES string of the molecule is COCC1(C(=O)O)CCN(C(=O)NC2COc3ccc4ccccc4c3C2)C1. The summed E-state index contributed by atoms with van der Waals surface area (Å²) in [6.45, 7) is 1.04. The van der Waals surface area contributed by atoms with E-state index in [0.717, 1.165) is 22.1 Å². The summed E-state index contributed by atoms with van der Waals surface area (Å²) in [7, 11) is 1.48. The van der Waals surface area contributed by atoms with Gasteiger partial charge < -0.3 is 24.8 Å². The Labute approximate surface area is 163 Å². The van der Waals surface area contributed by atoms with E-state index in [-0.39, 0.29) is 25.2 Å². The summed E-state index contributed by atoms with van der Waals surface area (Å²) in [5.74, 6) is -0.0681. The molecule has 2 aromatic carbocycles. The average molecular weight is 384 g/mol. The Morgan fingerprint density at radius 1 is 1.32 bits per heavy atom. The number of nitrogens with zero attached hydrogens (tertiary/aromatic N) is 1. The normalized spacial score (nSPS) is 23.9. The van der Waals surface area contributed by atoms with Crippen molar-refractivity contribution in [1.29, 1.82) is 0 Å². The van der Waals surface area contributed by atoms with Crippen LogP contribution in [0.15, 0.2) is 36.4 Å². The lowest BCUT2D eigenvalue weighted by atomic mass is 9.88. The second kappa shape index (κ2) is 7.31. The highest BCUT2D eigenvalue weighted by Gasteiger charge is 2.46. The number of amides is 2. The van der Waals surface area contributed by atoms with Crippen LogP contribution >= 0.6 is 0 Å². The van der Waals surface area contributed by atoms with Crippen molar-refractivity contribution in [2.75, 3.05) is 33.4 Å². The van der Waals surface area contributed by atoms with Crippen LogP contribution in [0.4, 0.5) is 4.79 Å². The molecule has 0 radical (unpaired) electrons. The zero-order valence-electron chi connectivity index (χ0n) is 15.8. The largest absolute Gasteiger partial charge is 0.491 e. The van der Waals surface area contributed by atoms with Gasteiger partial charge in [-0.3, -0.25) is 4.79 Å². The van der Waals surface area contributed by atoms with Crippen molar-refractivity contribution < 1.29 is 24.2 Å². The average Bonchev–Trinajstić information content (AvgIpc) is 3.14. The highest BCUT2D eigenvalue weighted by molar-refractivity contribution is 5.88. The number of carbonyl (C=O) groups is 2. The quantitative estimate of drug-likeness (QED) is 0.844. The molecule has 28 heavy (non-hydrogen) atoms. The third-order valence-corrected chi connectivity index (χ3v) is 5.73. The third kappa shape index (κ3) is 3.26. The first kappa shape index (κ1) is 18.6. The van der Waals surface area contributed by atoms with E-state index in [1.54, 1.807) is 4.90 Å². The van der Waals surface area contributed by atoms with Crippen LogP contribution in [0, 0.1) is 5.41 Å². The maximum absolute atomic E-state index is 12.7. The topological polar surface area (TPSA) is 88.1 Å². The fourth-order valence-electron chi connectivity index (χ4n) is 4.19. The number of nitrogens with one attached hydrogen (secondary N) is 1. The highest BCUT2D eigenvalue weighted by atomic mass is 16.5. The number of fused-ring (bicyclic) bond motifs is 3. The van der Waals surface area contributed by atoms with Gasteiger partial charge in [0.1, 0.15) is 17.8 Å². The van der Waals surface area contributed by atoms with Crippen molar-refractivity contribution in [3.05, 3.63) is 42.0 Å². The van der Waals surface area contributed by atoms with E-state index >= 15 is 0 Å². The molecular formula is C21H24N2O5. The number of hydrogen-bond donors (Lipinski definition) is 2. The minimum absolute atomic E-state index is 0.0953. The third-order valence-electron chi connectivity index (χ3n) is 5.73. The van der Waals surface area contributed by atoms with Crippen LogP contribution in [0.2, 0.25) is 0 Å². The fraction of sp³-hybridized carbons (Fsp3) is 0.429. The molecule has 2 unspecified atom stereocenters. The molecule has 4 rings (SSSR count). The van der Waals surface area contributed by atoms with E-state index < -0.39 is 11.4 Å². The predicted molar refractivity (Wildman–Crippen MR) is 104 cm³/mol. The molecule has 2 aliphatic rings. The van der Waals surface area contributed by atoms with Gasteiger partial charge in [0.05, 0.1) is 12.6 Å². The van der Waals surface area contributed by atoms with Crippen LogP contribution in [0.5, 0.6) is 5.75 Å². The van der Waals surface area contributed by atoms with Gasteiger partial charge in [0, 0.05) is 32.2 Å². The van der Waals surface area contributed by atoms with Crippen molar-refractivity contribution in [2.24, 2.45) is 5.41 Å². The molecule has 2 N–H and O–H groups in total. The number of aliphatic carboxylic acids is 1. The summed E-state index contributed by atoms with van der Waals surface area (Å²) in [6, 6.07) is 11.7. The summed E-state index contributed by atoms with van der Waals surface area (Å²) < 4.78 is 11.0. The van der Waals surface area contributed by atoms with Crippen molar-refractivity contribution in [3.8, 4) is 5.75 Å². The molecule has 0 spiro atoms. The molecule has 7 nitrogen and oxygen atoms in total. The van der Waals surface area contributed by atoms with E-state index in [4.69, 9.17) is 9.47 Å². The predicted octanol–water partition coefficient (Wildman–Crippen LogP) is 2.28. The molecule has 148 valence electrons. The maximum Gasteiger partial charge on any atom is 0.317 e. The smallest absolute Gasteiger partial charge is 0.317 e. The molecule has 2 atom stereocenters. The standard InChI is InChI=1S/C21H24N2O5/c1-27-13-21(19(24)25)8-9-23(12-21)20(26)22-15-10-17-16-5-3-2-4-14(16)6-7-18(17)28-11-15/h2-7,15H,8-13H2,1H3,(H,22,26)(H,24,25). The number of carboxylic acids is 1. The van der Waals surface area contributed by atoms with Gasteiger partial charge in [-0.25, -0.2) is 4.79 Å². The summed E-state index contributed by atoms with van der Waals surface area (Å²) >= 11 is 0. The van der Waals surface area contributed by atoms with Gasteiger partial charge >= 0.3 is 12.0 Å². The van der Waals surface area contributed by atoms with Gasteiger partial charge in [-0.05, 0) is 23.3 Å². The summed E-state index contributed by atoms with van der Waals surface area (Å²) in [5, 5.41) is 14.9. The molecule has 2 amide bonds. The Morgan fingerprint density at radius 2 is 2.14 bits per heavy atom. The second-order valence-electron chi connectivity index (χ2n) is 7.61. The summed E-state index contributed by atoms with van der Waals surface area (Å²) in [4.78, 5) is 26.0. The van der Waals surface area contributed by atoms with Crippen molar-refractivity contribution in [2.45, 2.75) is 18.9 Å². The van der Waals surface area contributed by atoms with E-state index in [1.165, 1.54) is 7.11 Å². The van der Waals surface area contributed by atoms with Crippen LogP contribution in [-0.4, -0.2) is 61.5 Å². The van der Waals surface area contributed by atoms with Gasteiger partial charge in [0.25, 0.3) is 0 Å². The van der Waals surface area contributed by atoms with Crippen molar-refractivity contribution >= 4 is 22.8 Å². The number of likely N-dealkylation sites (tertiary alicyclic amines) is 1. The van der Waals surface area contributed by atoms with Crippen LogP contribution in [0.3, 0.4) is 0 Å². The fourth-order valence-corrected chi connectivity index (χ4v) is 4.19. The monoisotopic (exact) mass is 384 g/mol. The van der Waals surface area contributed by atoms with Gasteiger partial charge in [-0.15, -0.1) is 0 Å². The molecular weight excluding hydrogens is 360 g/mol. The Morgan fingerprint density at radius 3 is 2.93 bits per heavy atom. The van der Waals surface area contributed by atoms with Gasteiger partial charge in [0.15, 0.2) is 0 Å². The van der Waals surface area contributed by atoms with Crippen molar-refractivity contribution in [3.63, 3.8) is 0 Å². The Bertz CT molecular complexity index is 915. The Balaban J connectivity index is 1.45. The number of ether oxygens (including phenoxy) is 2. The van der Waals surface area contributed by atoms with E-state index in [2.05, 4.69) is 17.4 Å². The Kier molecular flexibility index (Phi) is 4.85. The first-order valence-corrected chi connectivity index (χ1v) is 9.44. The van der Waals surface area contributed by atoms with Gasteiger partial charge in [-0.2, -0.15) is 0 Å². The lowest BCUT2D eigenvalue weighted by Gasteiger charge is -2.29. The van der Waals surface area contributed by atoms with Gasteiger partial charge in [-0.1, -0.05) is 30.3 Å². The molecule has 0 saturated carbocycles. The van der Waals surface area contributed by atoms with E-state index in [1.807, 2.05) is 24.3 Å². The number of rotatable bonds is 4. The highest BCUT2D eigenvalue weighted by Crippen LogP contribution is 2.33. The summed E-state index contributed by atoms with van der Waals surface area (Å²) in [6.07, 6.45) is 1.07. The molecule has 1 saturated heterocycles. The van der Waals surface area contributed by atoms with Crippen LogP contribution < -0.4 is 10.1 Å². The number of carboxylic acid groups (broad SMARTS) is 1. The summed E-state index contributed by atoms with van der Waals surface area (Å²) in [5.41, 5.74) is 0.0631. The van der Waals surface area contributed by atoms with Crippen molar-refractivity contribution in [1.82, 2.24) is 10.2 Å². The lowest BCUT2D eigenvalue weighted by Crippen LogP contribution is -2.49. The van der Waals surface area contributed by atoms with Crippen LogP contribution in [-0.2, 0) is 16.0 Å². The molecule has 0 aromatic heterocycles. The van der Waals surface area contributed by atoms with Crippen LogP contribution in [0.1, 0.15) is 12.0 Å². The minimum Gasteiger partial charge on any atom is -0.491 e. The molecule has 7 heteroatoms. The zero-order valence-corrected chi connectivity index (χ0v) is 15.8. The molecule has 0 aliphatic carbocycles. The number of methoxy groups -OCH3 is 1. The van der Waals surface area contributed by atoms with Crippen LogP contribution in [0.25, 0.3) is 10.8 Å². The zero-order chi connectivity index (χ0) is 19.7.